The van der Waals surface area contributed by atoms with Gasteiger partial charge in [-0.3, -0.25) is 4.79 Å². The van der Waals surface area contributed by atoms with Gasteiger partial charge in [0, 0.05) is 22.5 Å². The maximum absolute atomic E-state index is 11.6. The molecule has 19 heavy (non-hydrogen) atoms. The van der Waals surface area contributed by atoms with Gasteiger partial charge in [-0.05, 0) is 30.7 Å². The maximum atomic E-state index is 11.6. The predicted octanol–water partition coefficient (Wildman–Crippen LogP) is 2.29. The summed E-state index contributed by atoms with van der Waals surface area (Å²) >= 11 is 0. The zero-order chi connectivity index (χ0) is 13.6. The first-order valence-electron chi connectivity index (χ1n) is 5.73. The number of nitrogens with one attached hydrogen (secondary N) is 1. The SMILES string of the molecule is Cc1cc2ccc3[nH]ccc3c2nc1C(=O)C(=O)O. The van der Waals surface area contributed by atoms with Crippen LogP contribution in [0.4, 0.5) is 0 Å². The minimum atomic E-state index is -1.49. The number of aryl methyl sites for hydroxylation is 1. The normalized spacial score (nSPS) is 11.0. The van der Waals surface area contributed by atoms with E-state index < -0.39 is 11.8 Å². The molecule has 3 aromatic rings. The summed E-state index contributed by atoms with van der Waals surface area (Å²) in [6, 6.07) is 7.46. The number of aromatic amines is 1. The van der Waals surface area contributed by atoms with Gasteiger partial charge < -0.3 is 10.1 Å². The average Bonchev–Trinajstić information content (AvgIpc) is 2.85. The summed E-state index contributed by atoms with van der Waals surface area (Å²) in [5, 5.41) is 10.6. The number of hydrogen-bond donors (Lipinski definition) is 2. The van der Waals surface area contributed by atoms with Gasteiger partial charge in [0.15, 0.2) is 0 Å². The molecule has 0 saturated heterocycles. The molecule has 2 N–H and O–H groups in total. The molecule has 0 aliphatic heterocycles. The number of carbonyl (C=O) groups excluding carboxylic acids is 1. The van der Waals surface area contributed by atoms with Gasteiger partial charge in [0.05, 0.1) is 5.52 Å². The van der Waals surface area contributed by atoms with E-state index in [0.717, 1.165) is 16.3 Å². The van der Waals surface area contributed by atoms with Crippen LogP contribution in [0.25, 0.3) is 21.8 Å². The molecule has 5 nitrogen and oxygen atoms in total. The molecule has 0 aliphatic rings. The molecule has 2 heterocycles. The topological polar surface area (TPSA) is 83.0 Å². The number of carbonyl (C=O) groups is 2. The lowest BCUT2D eigenvalue weighted by Gasteiger charge is -2.05. The molecule has 1 aromatic carbocycles. The number of nitrogens with zero attached hydrogens (tertiary/aromatic N) is 1. The van der Waals surface area contributed by atoms with Crippen LogP contribution in [0, 0.1) is 6.92 Å². The van der Waals surface area contributed by atoms with Crippen molar-refractivity contribution in [2.24, 2.45) is 0 Å². The second-order valence-electron chi connectivity index (χ2n) is 4.36. The van der Waals surface area contributed by atoms with Crippen molar-refractivity contribution < 1.29 is 14.7 Å². The first-order chi connectivity index (χ1) is 9.08. The molecule has 0 atom stereocenters. The molecule has 0 unspecified atom stereocenters. The van der Waals surface area contributed by atoms with Crippen LogP contribution >= 0.6 is 0 Å². The van der Waals surface area contributed by atoms with Crippen LogP contribution in [0.1, 0.15) is 16.1 Å². The summed E-state index contributed by atoms with van der Waals surface area (Å²) < 4.78 is 0. The number of aliphatic carboxylic acids is 1. The number of ketones is 1. The van der Waals surface area contributed by atoms with Crippen LogP contribution in [-0.4, -0.2) is 26.8 Å². The Bertz CT molecular complexity index is 833. The van der Waals surface area contributed by atoms with Crippen molar-refractivity contribution in [3.05, 3.63) is 41.7 Å². The van der Waals surface area contributed by atoms with Crippen LogP contribution in [0.5, 0.6) is 0 Å². The minimum Gasteiger partial charge on any atom is -0.475 e. The molecule has 0 radical (unpaired) electrons. The number of rotatable bonds is 2. The molecule has 0 saturated carbocycles. The number of Topliss-reactive ketones (excluding diaryl/α,β-unsaturated/α-hetero) is 1. The summed E-state index contributed by atoms with van der Waals surface area (Å²) in [7, 11) is 0. The molecule has 0 fully saturated rings. The smallest absolute Gasteiger partial charge is 0.378 e. The van der Waals surface area contributed by atoms with E-state index in [1.54, 1.807) is 19.2 Å². The highest BCUT2D eigenvalue weighted by molar-refractivity contribution is 6.39. The molecule has 3 rings (SSSR count). The number of benzene rings is 1. The molecule has 0 aliphatic carbocycles. The molecule has 0 bridgehead atoms. The Kier molecular flexibility index (Phi) is 2.35. The van der Waals surface area contributed by atoms with E-state index in [1.165, 1.54) is 0 Å². The largest absolute Gasteiger partial charge is 0.475 e. The standard InChI is InChI=1S/C14H10N2O3/c1-7-6-8-2-3-10-9(4-5-15-10)12(8)16-11(7)13(17)14(18)19/h2-6,15H,1H3,(H,18,19). The Hall–Kier alpha value is -2.69. The second-order valence-corrected chi connectivity index (χ2v) is 4.36. The average molecular weight is 254 g/mol. The Morgan fingerprint density at radius 1 is 1.26 bits per heavy atom. The Morgan fingerprint density at radius 2 is 2.05 bits per heavy atom. The monoisotopic (exact) mass is 254 g/mol. The summed E-state index contributed by atoms with van der Waals surface area (Å²) in [5.74, 6) is -2.47. The van der Waals surface area contributed by atoms with Crippen LogP contribution in [0.15, 0.2) is 30.5 Å². The Morgan fingerprint density at radius 3 is 2.79 bits per heavy atom. The Labute approximate surface area is 107 Å². The lowest BCUT2D eigenvalue weighted by atomic mass is 10.1. The van der Waals surface area contributed by atoms with E-state index in [2.05, 4.69) is 9.97 Å². The number of pyridine rings is 1. The minimum absolute atomic E-state index is 0.00583. The lowest BCUT2D eigenvalue weighted by Crippen LogP contribution is -2.16. The molecule has 0 amide bonds. The number of fused-ring (bicyclic) bond motifs is 3. The fourth-order valence-electron chi connectivity index (χ4n) is 2.21. The number of carboxylic acid groups (broad SMARTS) is 1. The van der Waals surface area contributed by atoms with Crippen LogP contribution < -0.4 is 0 Å². The number of carboxylic acids is 1. The molecule has 94 valence electrons. The van der Waals surface area contributed by atoms with E-state index in [-0.39, 0.29) is 5.69 Å². The van der Waals surface area contributed by atoms with Crippen molar-refractivity contribution in [1.82, 2.24) is 9.97 Å². The van der Waals surface area contributed by atoms with Crippen molar-refractivity contribution in [1.29, 1.82) is 0 Å². The number of aromatic nitrogens is 2. The van der Waals surface area contributed by atoms with Crippen LogP contribution in [0.3, 0.4) is 0 Å². The number of hydrogen-bond acceptors (Lipinski definition) is 3. The van der Waals surface area contributed by atoms with E-state index in [4.69, 9.17) is 5.11 Å². The third kappa shape index (κ3) is 1.67. The first-order valence-corrected chi connectivity index (χ1v) is 5.73. The van der Waals surface area contributed by atoms with Crippen molar-refractivity contribution in [2.45, 2.75) is 6.92 Å². The maximum Gasteiger partial charge on any atom is 0.378 e. The van der Waals surface area contributed by atoms with Gasteiger partial charge in [0.1, 0.15) is 5.69 Å². The highest BCUT2D eigenvalue weighted by Crippen LogP contribution is 2.25. The van der Waals surface area contributed by atoms with Gasteiger partial charge >= 0.3 is 5.97 Å². The van der Waals surface area contributed by atoms with Gasteiger partial charge in [-0.1, -0.05) is 6.07 Å². The van der Waals surface area contributed by atoms with Gasteiger partial charge in [0.2, 0.25) is 0 Å². The highest BCUT2D eigenvalue weighted by Gasteiger charge is 2.19. The summed E-state index contributed by atoms with van der Waals surface area (Å²) in [5.41, 5.74) is 2.09. The number of H-pyrrole nitrogens is 1. The molecular formula is C14H10N2O3. The van der Waals surface area contributed by atoms with Crippen molar-refractivity contribution in [3.63, 3.8) is 0 Å². The summed E-state index contributed by atoms with van der Waals surface area (Å²) in [6.07, 6.45) is 1.78. The predicted molar refractivity (Wildman–Crippen MR) is 70.3 cm³/mol. The quantitative estimate of drug-likeness (QED) is 0.543. The van der Waals surface area contributed by atoms with Crippen molar-refractivity contribution in [3.8, 4) is 0 Å². The summed E-state index contributed by atoms with van der Waals surface area (Å²) in [6.45, 7) is 1.68. The van der Waals surface area contributed by atoms with E-state index in [1.807, 2.05) is 18.2 Å². The van der Waals surface area contributed by atoms with E-state index in [0.29, 0.717) is 11.1 Å². The Balaban J connectivity index is 2.38. The van der Waals surface area contributed by atoms with Crippen LogP contribution in [0.2, 0.25) is 0 Å². The van der Waals surface area contributed by atoms with Gasteiger partial charge in [-0.25, -0.2) is 9.78 Å². The highest BCUT2D eigenvalue weighted by atomic mass is 16.4. The zero-order valence-electron chi connectivity index (χ0n) is 10.1. The molecule has 5 heteroatoms. The van der Waals surface area contributed by atoms with E-state index in [9.17, 15) is 9.59 Å². The molecule has 0 spiro atoms. The van der Waals surface area contributed by atoms with E-state index >= 15 is 0 Å². The van der Waals surface area contributed by atoms with Crippen molar-refractivity contribution in [2.75, 3.05) is 0 Å². The second kappa shape index (κ2) is 3.91. The van der Waals surface area contributed by atoms with Gasteiger partial charge in [0.25, 0.3) is 5.78 Å². The summed E-state index contributed by atoms with van der Waals surface area (Å²) in [4.78, 5) is 29.7. The van der Waals surface area contributed by atoms with Crippen molar-refractivity contribution >= 4 is 33.6 Å². The van der Waals surface area contributed by atoms with Gasteiger partial charge in [-0.2, -0.15) is 0 Å². The fraction of sp³-hybridized carbons (Fsp3) is 0.0714. The lowest BCUT2D eigenvalue weighted by molar-refractivity contribution is -0.131. The third-order valence-electron chi connectivity index (χ3n) is 3.12. The van der Waals surface area contributed by atoms with Gasteiger partial charge in [-0.15, -0.1) is 0 Å². The molecule has 2 aromatic heterocycles. The first kappa shape index (κ1) is 11.4. The third-order valence-corrected chi connectivity index (χ3v) is 3.12. The fourth-order valence-corrected chi connectivity index (χ4v) is 2.21. The molecular weight excluding hydrogens is 244 g/mol. The van der Waals surface area contributed by atoms with Crippen LogP contribution in [-0.2, 0) is 4.79 Å². The zero-order valence-corrected chi connectivity index (χ0v) is 10.1.